The van der Waals surface area contributed by atoms with Crippen molar-refractivity contribution in [3.63, 3.8) is 0 Å². The highest BCUT2D eigenvalue weighted by molar-refractivity contribution is 7.99. The second kappa shape index (κ2) is 7.16. The van der Waals surface area contributed by atoms with Crippen LogP contribution in [0.4, 0.5) is 5.82 Å². The van der Waals surface area contributed by atoms with Crippen LogP contribution in [0, 0.1) is 12.3 Å². The lowest BCUT2D eigenvalue weighted by Crippen LogP contribution is -2.33. The summed E-state index contributed by atoms with van der Waals surface area (Å²) in [5.41, 5.74) is 2.40. The van der Waals surface area contributed by atoms with Crippen LogP contribution >= 0.6 is 11.8 Å². The van der Waals surface area contributed by atoms with Crippen LogP contribution in [0.5, 0.6) is 0 Å². The highest BCUT2D eigenvalue weighted by Crippen LogP contribution is 2.35. The molecule has 0 saturated heterocycles. The third-order valence-electron chi connectivity index (χ3n) is 4.38. The van der Waals surface area contributed by atoms with Gasteiger partial charge in [0.2, 0.25) is 5.91 Å². The minimum Gasteiger partial charge on any atom is -0.312 e. The van der Waals surface area contributed by atoms with Crippen molar-refractivity contribution < 1.29 is 4.79 Å². The van der Waals surface area contributed by atoms with E-state index in [1.165, 1.54) is 17.3 Å². The van der Waals surface area contributed by atoms with Crippen LogP contribution in [0.2, 0.25) is 0 Å². The van der Waals surface area contributed by atoms with Gasteiger partial charge in [-0.15, -0.1) is 6.42 Å². The van der Waals surface area contributed by atoms with Crippen molar-refractivity contribution in [2.45, 2.75) is 30.8 Å². The Morgan fingerprint density at radius 2 is 2.08 bits per heavy atom. The molecule has 0 radical (unpaired) electrons. The largest absolute Gasteiger partial charge is 0.312 e. The van der Waals surface area contributed by atoms with Crippen molar-refractivity contribution in [3.05, 3.63) is 51.3 Å². The lowest BCUT2D eigenvalue weighted by molar-refractivity contribution is -0.116. The number of hydrogen-bond donors (Lipinski definition) is 1. The maximum absolute atomic E-state index is 12.7. The molecule has 1 unspecified atom stereocenters. The van der Waals surface area contributed by atoms with E-state index in [0.29, 0.717) is 22.3 Å². The molecule has 25 heavy (non-hydrogen) atoms. The molecule has 1 aliphatic rings. The maximum atomic E-state index is 12.7. The number of carbonyl (C=O) groups excluding carboxylic acids is 1. The molecule has 1 aliphatic heterocycles. The number of fused-ring (bicyclic) bond motifs is 1. The molecule has 6 heteroatoms. The molecule has 3 rings (SSSR count). The van der Waals surface area contributed by atoms with Crippen LogP contribution in [0.3, 0.4) is 0 Å². The first-order valence-electron chi connectivity index (χ1n) is 8.11. The predicted molar refractivity (Wildman–Crippen MR) is 99.9 cm³/mol. The average Bonchev–Trinajstić information content (AvgIpc) is 2.62. The number of rotatable bonds is 4. The monoisotopic (exact) mass is 353 g/mol. The van der Waals surface area contributed by atoms with Crippen LogP contribution in [-0.2, 0) is 18.3 Å². The summed E-state index contributed by atoms with van der Waals surface area (Å²) in [6.45, 7) is 2.09. The van der Waals surface area contributed by atoms with E-state index in [0.717, 1.165) is 12.0 Å². The second-order valence-electron chi connectivity index (χ2n) is 5.91. The molecule has 0 fully saturated rings. The average molecular weight is 353 g/mol. The fourth-order valence-corrected chi connectivity index (χ4v) is 3.69. The van der Waals surface area contributed by atoms with E-state index in [4.69, 9.17) is 6.42 Å². The summed E-state index contributed by atoms with van der Waals surface area (Å²) in [7, 11) is 1.78. The molecule has 0 saturated carbocycles. The summed E-state index contributed by atoms with van der Waals surface area (Å²) < 4.78 is 1.74. The van der Waals surface area contributed by atoms with Crippen LogP contribution in [0.1, 0.15) is 36.0 Å². The number of anilines is 1. The summed E-state index contributed by atoms with van der Waals surface area (Å²) in [5.74, 6) is 3.05. The van der Waals surface area contributed by atoms with Gasteiger partial charge in [0.1, 0.15) is 5.82 Å². The number of thioether (sulfide) groups is 1. The zero-order valence-electron chi connectivity index (χ0n) is 14.2. The molecule has 0 spiro atoms. The Labute approximate surface area is 150 Å². The summed E-state index contributed by atoms with van der Waals surface area (Å²) in [5, 5.41) is 3.33. The first kappa shape index (κ1) is 17.3. The molecule has 1 amide bonds. The normalized spacial score (nSPS) is 16.0. The van der Waals surface area contributed by atoms with Gasteiger partial charge in [-0.2, -0.15) is 4.98 Å². The van der Waals surface area contributed by atoms with Crippen LogP contribution in [-0.4, -0.2) is 21.2 Å². The maximum Gasteiger partial charge on any atom is 0.279 e. The van der Waals surface area contributed by atoms with Crippen molar-refractivity contribution >= 4 is 23.5 Å². The second-order valence-corrected chi connectivity index (χ2v) is 6.86. The molecule has 1 N–H and O–H groups in total. The smallest absolute Gasteiger partial charge is 0.279 e. The Balaban J connectivity index is 2.11. The van der Waals surface area contributed by atoms with Gasteiger partial charge < -0.3 is 9.88 Å². The van der Waals surface area contributed by atoms with E-state index < -0.39 is 0 Å². The van der Waals surface area contributed by atoms with Gasteiger partial charge >= 0.3 is 0 Å². The van der Waals surface area contributed by atoms with Crippen molar-refractivity contribution in [1.82, 2.24) is 9.55 Å². The van der Waals surface area contributed by atoms with Crippen LogP contribution < -0.4 is 10.9 Å². The SMILES string of the molecule is C#CCSc1nc(=O)c2c(n1C)NC(=O)CC2c1ccc(CC)cc1. The third-order valence-corrected chi connectivity index (χ3v) is 5.31. The molecule has 0 aliphatic carbocycles. The molecule has 128 valence electrons. The van der Waals surface area contributed by atoms with Crippen molar-refractivity contribution in [2.24, 2.45) is 7.05 Å². The van der Waals surface area contributed by atoms with Gasteiger partial charge in [-0.25, -0.2) is 0 Å². The first-order chi connectivity index (χ1) is 12.0. The first-order valence-corrected chi connectivity index (χ1v) is 9.09. The number of amides is 1. The quantitative estimate of drug-likeness (QED) is 0.521. The number of hydrogen-bond acceptors (Lipinski definition) is 4. The number of carbonyl (C=O) groups is 1. The van der Waals surface area contributed by atoms with Gasteiger partial charge in [0, 0.05) is 19.4 Å². The third kappa shape index (κ3) is 3.33. The highest BCUT2D eigenvalue weighted by atomic mass is 32.2. The zero-order chi connectivity index (χ0) is 18.0. The Hall–Kier alpha value is -2.52. The number of benzene rings is 1. The Morgan fingerprint density at radius 3 is 2.72 bits per heavy atom. The number of nitrogens with one attached hydrogen (secondary N) is 1. The van der Waals surface area contributed by atoms with Gasteiger partial charge in [-0.3, -0.25) is 9.59 Å². The van der Waals surface area contributed by atoms with E-state index in [1.54, 1.807) is 11.6 Å². The molecular weight excluding hydrogens is 334 g/mol. The molecule has 5 nitrogen and oxygen atoms in total. The van der Waals surface area contributed by atoms with Crippen molar-refractivity contribution in [1.29, 1.82) is 0 Å². The number of nitrogens with zero attached hydrogens (tertiary/aromatic N) is 2. The van der Waals surface area contributed by atoms with Gasteiger partial charge in [-0.05, 0) is 17.5 Å². The van der Waals surface area contributed by atoms with E-state index in [2.05, 4.69) is 23.1 Å². The lowest BCUT2D eigenvalue weighted by Gasteiger charge is -2.27. The van der Waals surface area contributed by atoms with Gasteiger partial charge in [0.25, 0.3) is 5.56 Å². The van der Waals surface area contributed by atoms with E-state index in [1.807, 2.05) is 24.3 Å². The lowest BCUT2D eigenvalue weighted by atomic mass is 9.86. The number of aromatic nitrogens is 2. The topological polar surface area (TPSA) is 64.0 Å². The number of aryl methyl sites for hydroxylation is 1. The van der Waals surface area contributed by atoms with Gasteiger partial charge in [-0.1, -0.05) is 48.9 Å². The summed E-state index contributed by atoms with van der Waals surface area (Å²) in [6, 6.07) is 8.06. The minimum atomic E-state index is -0.308. The predicted octanol–water partition coefficient (Wildman–Crippen LogP) is 2.54. The molecule has 1 aromatic heterocycles. The fourth-order valence-electron chi connectivity index (χ4n) is 3.04. The van der Waals surface area contributed by atoms with Gasteiger partial charge in [0.15, 0.2) is 5.16 Å². The van der Waals surface area contributed by atoms with Gasteiger partial charge in [0.05, 0.1) is 11.3 Å². The Bertz CT molecular complexity index is 910. The molecule has 2 aromatic rings. The Morgan fingerprint density at radius 1 is 1.36 bits per heavy atom. The van der Waals surface area contributed by atoms with E-state index in [9.17, 15) is 9.59 Å². The van der Waals surface area contributed by atoms with Crippen molar-refractivity contribution in [2.75, 3.05) is 11.1 Å². The fraction of sp³-hybridized carbons (Fsp3) is 0.316. The highest BCUT2D eigenvalue weighted by Gasteiger charge is 2.31. The zero-order valence-corrected chi connectivity index (χ0v) is 15.0. The molecule has 0 bridgehead atoms. The molecule has 2 heterocycles. The van der Waals surface area contributed by atoms with Crippen LogP contribution in [0.15, 0.2) is 34.2 Å². The summed E-state index contributed by atoms with van der Waals surface area (Å²) in [6.07, 6.45) is 6.48. The standard InChI is InChI=1S/C19H19N3O2S/c1-4-10-25-19-21-18(24)16-14(11-15(23)20-17(16)22(19)3)13-8-6-12(5-2)7-9-13/h1,6-9,14H,5,10-11H2,2-3H3,(H,20,23). The molecule has 1 atom stereocenters. The van der Waals surface area contributed by atoms with E-state index in [-0.39, 0.29) is 23.8 Å². The minimum absolute atomic E-state index is 0.105. The Kier molecular flexibility index (Phi) is 4.95. The molecule has 1 aromatic carbocycles. The summed E-state index contributed by atoms with van der Waals surface area (Å²) in [4.78, 5) is 29.1. The number of terminal acetylenes is 1. The van der Waals surface area contributed by atoms with Crippen LogP contribution in [0.25, 0.3) is 0 Å². The summed E-state index contributed by atoms with van der Waals surface area (Å²) >= 11 is 1.30. The molecular formula is C19H19N3O2S. The van der Waals surface area contributed by atoms with E-state index >= 15 is 0 Å². The van der Waals surface area contributed by atoms with Crippen molar-refractivity contribution in [3.8, 4) is 12.3 Å².